The quantitative estimate of drug-likeness (QED) is 0.488. The van der Waals surface area contributed by atoms with Gasteiger partial charge in [0.25, 0.3) is 5.91 Å². The van der Waals surface area contributed by atoms with Crippen molar-refractivity contribution in [3.05, 3.63) is 95.3 Å². The molecule has 0 fully saturated rings. The fourth-order valence-corrected chi connectivity index (χ4v) is 3.75. The van der Waals surface area contributed by atoms with Crippen LogP contribution in [0.25, 0.3) is 0 Å². The summed E-state index contributed by atoms with van der Waals surface area (Å²) in [7, 11) is 1.98. The number of hydrogen-bond donors (Lipinski definition) is 0. The van der Waals surface area contributed by atoms with Crippen LogP contribution in [0.2, 0.25) is 0 Å². The largest absolute Gasteiger partial charge is 0.353 e. The Balaban J connectivity index is 1.86. The lowest BCUT2D eigenvalue weighted by Crippen LogP contribution is -2.46. The van der Waals surface area contributed by atoms with E-state index in [-0.39, 0.29) is 24.4 Å². The summed E-state index contributed by atoms with van der Waals surface area (Å²) >= 11 is 0. The molecule has 3 aromatic rings. The molecule has 5 nitrogen and oxygen atoms in total. The average Bonchev–Trinajstić information content (AvgIpc) is 3.21. The number of carbonyl (C=O) groups is 2. The topological polar surface area (TPSA) is 45.6 Å². The Bertz CT molecular complexity index is 1040. The van der Waals surface area contributed by atoms with E-state index >= 15 is 0 Å². The Morgan fingerprint density at radius 1 is 0.938 bits per heavy atom. The van der Waals surface area contributed by atoms with Gasteiger partial charge in [-0.05, 0) is 49.6 Å². The Kier molecular flexibility index (Phi) is 7.87. The van der Waals surface area contributed by atoms with Crippen LogP contribution in [0, 0.1) is 6.92 Å². The number of amides is 2. The van der Waals surface area contributed by atoms with Crippen LogP contribution < -0.4 is 0 Å². The highest BCUT2D eigenvalue weighted by Crippen LogP contribution is 2.17. The molecule has 1 heterocycles. The van der Waals surface area contributed by atoms with Crippen LogP contribution in [0.4, 0.5) is 0 Å². The van der Waals surface area contributed by atoms with Crippen molar-refractivity contribution in [2.45, 2.75) is 46.3 Å². The van der Waals surface area contributed by atoms with E-state index in [9.17, 15) is 9.59 Å². The summed E-state index contributed by atoms with van der Waals surface area (Å²) in [6.45, 7) is 7.02. The van der Waals surface area contributed by atoms with Gasteiger partial charge in [0.15, 0.2) is 0 Å². The van der Waals surface area contributed by atoms with Gasteiger partial charge in [0.1, 0.15) is 6.54 Å². The summed E-state index contributed by atoms with van der Waals surface area (Å²) in [5.41, 5.74) is 3.69. The van der Waals surface area contributed by atoms with Crippen LogP contribution in [-0.2, 0) is 24.9 Å². The monoisotopic (exact) mass is 431 g/mol. The van der Waals surface area contributed by atoms with Crippen molar-refractivity contribution < 1.29 is 9.59 Å². The first-order valence-electron chi connectivity index (χ1n) is 11.2. The number of carbonyl (C=O) groups excluding carboxylic acids is 2. The van der Waals surface area contributed by atoms with Crippen LogP contribution in [-0.4, -0.2) is 38.8 Å². The third-order valence-electron chi connectivity index (χ3n) is 6.04. The van der Waals surface area contributed by atoms with Crippen molar-refractivity contribution in [2.75, 3.05) is 6.54 Å². The van der Waals surface area contributed by atoms with E-state index in [0.717, 1.165) is 23.2 Å². The predicted molar refractivity (Wildman–Crippen MR) is 128 cm³/mol. The van der Waals surface area contributed by atoms with Gasteiger partial charge < -0.3 is 14.4 Å². The second-order valence-corrected chi connectivity index (χ2v) is 8.35. The van der Waals surface area contributed by atoms with E-state index in [1.54, 1.807) is 4.90 Å². The molecule has 0 bridgehead atoms. The molecular formula is C27H33N3O2. The van der Waals surface area contributed by atoms with Gasteiger partial charge in [0, 0.05) is 37.1 Å². The highest BCUT2D eigenvalue weighted by molar-refractivity contribution is 5.97. The first-order valence-corrected chi connectivity index (χ1v) is 11.2. The lowest BCUT2D eigenvalue weighted by Gasteiger charge is -2.32. The molecule has 1 unspecified atom stereocenters. The lowest BCUT2D eigenvalue weighted by atomic mass is 10.1. The Morgan fingerprint density at radius 2 is 1.62 bits per heavy atom. The minimum Gasteiger partial charge on any atom is -0.353 e. The van der Waals surface area contributed by atoms with E-state index in [1.165, 1.54) is 0 Å². The summed E-state index contributed by atoms with van der Waals surface area (Å²) in [6, 6.07) is 21.5. The van der Waals surface area contributed by atoms with Gasteiger partial charge in [-0.25, -0.2) is 0 Å². The zero-order valence-corrected chi connectivity index (χ0v) is 19.5. The molecule has 3 rings (SSSR count). The summed E-state index contributed by atoms with van der Waals surface area (Å²) in [4.78, 5) is 30.5. The fraction of sp³-hybridized carbons (Fsp3) is 0.333. The Hall–Kier alpha value is -3.34. The molecule has 0 aliphatic rings. The Labute approximate surface area is 191 Å². The minimum absolute atomic E-state index is 0.0420. The average molecular weight is 432 g/mol. The number of aromatic nitrogens is 1. The summed E-state index contributed by atoms with van der Waals surface area (Å²) in [5.74, 6) is -0.151. The molecule has 0 saturated heterocycles. The molecule has 0 aliphatic carbocycles. The first-order chi connectivity index (χ1) is 15.4. The molecule has 0 saturated carbocycles. The van der Waals surface area contributed by atoms with Crippen LogP contribution in [0.15, 0.2) is 72.9 Å². The third-order valence-corrected chi connectivity index (χ3v) is 6.04. The predicted octanol–water partition coefficient (Wildman–Crippen LogP) is 4.80. The van der Waals surface area contributed by atoms with Gasteiger partial charge in [0.2, 0.25) is 5.91 Å². The molecule has 0 N–H and O–H groups in total. The molecule has 1 aromatic heterocycles. The molecule has 0 radical (unpaired) electrons. The highest BCUT2D eigenvalue weighted by Gasteiger charge is 2.27. The summed E-state index contributed by atoms with van der Waals surface area (Å²) in [5, 5.41) is 0. The van der Waals surface area contributed by atoms with Crippen LogP contribution in [0.1, 0.15) is 47.4 Å². The van der Waals surface area contributed by atoms with Crippen molar-refractivity contribution in [1.82, 2.24) is 14.4 Å². The first kappa shape index (κ1) is 23.3. The minimum atomic E-state index is -0.0932. The second kappa shape index (κ2) is 10.8. The standard InChI is InChI=1S/C27H33N3O2/c1-5-22(3)30(27(32)25-16-10-9-12-21(25)2)20-26(31)29(18-23-13-7-6-8-14-23)19-24-15-11-17-28(24)4/h6-17,22H,5,18-20H2,1-4H3. The zero-order chi connectivity index (χ0) is 23.1. The van der Waals surface area contributed by atoms with E-state index < -0.39 is 0 Å². The lowest BCUT2D eigenvalue weighted by molar-refractivity contribution is -0.133. The summed E-state index contributed by atoms with van der Waals surface area (Å²) < 4.78 is 2.02. The number of aryl methyl sites for hydroxylation is 2. The van der Waals surface area contributed by atoms with E-state index in [4.69, 9.17) is 0 Å². The van der Waals surface area contributed by atoms with Crippen molar-refractivity contribution >= 4 is 11.8 Å². The smallest absolute Gasteiger partial charge is 0.254 e. The van der Waals surface area contributed by atoms with Gasteiger partial charge in [-0.3, -0.25) is 9.59 Å². The normalized spacial score (nSPS) is 11.8. The molecule has 32 heavy (non-hydrogen) atoms. The van der Waals surface area contributed by atoms with Crippen LogP contribution >= 0.6 is 0 Å². The van der Waals surface area contributed by atoms with Gasteiger partial charge in [0.05, 0.1) is 6.54 Å². The fourth-order valence-electron chi connectivity index (χ4n) is 3.75. The van der Waals surface area contributed by atoms with E-state index in [1.807, 2.05) is 110 Å². The van der Waals surface area contributed by atoms with Gasteiger partial charge in [-0.1, -0.05) is 55.5 Å². The number of benzene rings is 2. The molecule has 0 spiro atoms. The number of nitrogens with zero attached hydrogens (tertiary/aromatic N) is 3. The van der Waals surface area contributed by atoms with Crippen molar-refractivity contribution in [3.63, 3.8) is 0 Å². The van der Waals surface area contributed by atoms with Gasteiger partial charge >= 0.3 is 0 Å². The third kappa shape index (κ3) is 5.67. The maximum atomic E-state index is 13.6. The van der Waals surface area contributed by atoms with Gasteiger partial charge in [-0.15, -0.1) is 0 Å². The molecule has 2 amide bonds. The zero-order valence-electron chi connectivity index (χ0n) is 19.5. The second-order valence-electron chi connectivity index (χ2n) is 8.35. The van der Waals surface area contributed by atoms with Crippen LogP contribution in [0.5, 0.6) is 0 Å². The summed E-state index contributed by atoms with van der Waals surface area (Å²) in [6.07, 6.45) is 2.76. The molecule has 2 aromatic carbocycles. The number of rotatable bonds is 9. The van der Waals surface area contributed by atoms with E-state index in [2.05, 4.69) is 0 Å². The SMILES string of the molecule is CCC(C)N(CC(=O)N(Cc1ccccc1)Cc1cccn1C)C(=O)c1ccccc1C. The van der Waals surface area contributed by atoms with Crippen LogP contribution in [0.3, 0.4) is 0 Å². The molecule has 0 aliphatic heterocycles. The van der Waals surface area contributed by atoms with Crippen molar-refractivity contribution in [2.24, 2.45) is 7.05 Å². The molecule has 168 valence electrons. The van der Waals surface area contributed by atoms with Crippen molar-refractivity contribution in [1.29, 1.82) is 0 Å². The molecule has 1 atom stereocenters. The maximum absolute atomic E-state index is 13.6. The maximum Gasteiger partial charge on any atom is 0.254 e. The van der Waals surface area contributed by atoms with Crippen molar-refractivity contribution in [3.8, 4) is 0 Å². The number of hydrogen-bond acceptors (Lipinski definition) is 2. The van der Waals surface area contributed by atoms with E-state index in [0.29, 0.717) is 18.7 Å². The molecular weight excluding hydrogens is 398 g/mol. The Morgan fingerprint density at radius 3 is 2.25 bits per heavy atom. The van der Waals surface area contributed by atoms with Gasteiger partial charge in [-0.2, -0.15) is 0 Å². The highest BCUT2D eigenvalue weighted by atomic mass is 16.2. The molecule has 5 heteroatoms.